The van der Waals surface area contributed by atoms with E-state index in [0.717, 1.165) is 6.26 Å². The molecule has 0 radical (unpaired) electrons. The molecule has 9 nitrogen and oxygen atoms in total. The topological polar surface area (TPSA) is 131 Å². The van der Waals surface area contributed by atoms with Gasteiger partial charge in [0.05, 0.1) is 23.9 Å². The fourth-order valence-corrected chi connectivity index (χ4v) is 3.53. The molecule has 0 heterocycles. The van der Waals surface area contributed by atoms with E-state index in [1.54, 1.807) is 0 Å². The van der Waals surface area contributed by atoms with Gasteiger partial charge in [0.1, 0.15) is 5.75 Å². The molecule has 0 aliphatic heterocycles. The Balaban J connectivity index is 2.31. The zero-order valence-corrected chi connectivity index (χ0v) is 16.4. The summed E-state index contributed by atoms with van der Waals surface area (Å²) in [6.07, 6.45) is 0.991. The van der Waals surface area contributed by atoms with Gasteiger partial charge in [-0.25, -0.2) is 21.6 Å². The van der Waals surface area contributed by atoms with Gasteiger partial charge in [0, 0.05) is 11.3 Å². The molecular formula is C16H19N3O6S2. The lowest BCUT2D eigenvalue weighted by atomic mass is 10.2. The zero-order valence-electron chi connectivity index (χ0n) is 14.8. The Morgan fingerprint density at radius 3 is 2.33 bits per heavy atom. The molecule has 3 N–H and O–H groups in total. The quantitative estimate of drug-likeness (QED) is 0.626. The van der Waals surface area contributed by atoms with Gasteiger partial charge in [-0.2, -0.15) is 0 Å². The molecule has 0 saturated carbocycles. The minimum atomic E-state index is -3.69. The molecule has 2 aromatic rings. The molecule has 11 heteroatoms. The molecule has 2 rings (SSSR count). The summed E-state index contributed by atoms with van der Waals surface area (Å²) in [4.78, 5) is 12.4. The van der Waals surface area contributed by atoms with Crippen LogP contribution in [0.3, 0.4) is 0 Å². The Bertz CT molecular complexity index is 1070. The second-order valence-electron chi connectivity index (χ2n) is 5.48. The fourth-order valence-electron chi connectivity index (χ4n) is 2.19. The number of anilines is 2. The van der Waals surface area contributed by atoms with Crippen molar-refractivity contribution in [1.29, 1.82) is 0 Å². The molecule has 0 unspecified atom stereocenters. The van der Waals surface area contributed by atoms with Crippen molar-refractivity contribution in [3.8, 4) is 5.75 Å². The SMILES string of the molecule is CNS(=O)(=O)c1cccc(C(=O)Nc2ccc(OC)c(NS(C)(=O)=O)c2)c1. The molecule has 1 amide bonds. The average Bonchev–Trinajstić information content (AvgIpc) is 2.60. The van der Waals surface area contributed by atoms with Crippen LogP contribution < -0.4 is 19.5 Å². The van der Waals surface area contributed by atoms with Crippen LogP contribution in [-0.2, 0) is 20.0 Å². The molecule has 0 bridgehead atoms. The van der Waals surface area contributed by atoms with Gasteiger partial charge in [-0.05, 0) is 43.4 Å². The summed E-state index contributed by atoms with van der Waals surface area (Å²) in [5.74, 6) is -0.279. The Morgan fingerprint density at radius 2 is 1.74 bits per heavy atom. The monoisotopic (exact) mass is 413 g/mol. The minimum Gasteiger partial charge on any atom is -0.495 e. The van der Waals surface area contributed by atoms with Crippen LogP contribution in [0.2, 0.25) is 0 Å². The van der Waals surface area contributed by atoms with E-state index >= 15 is 0 Å². The molecule has 2 aromatic carbocycles. The molecular weight excluding hydrogens is 394 g/mol. The lowest BCUT2D eigenvalue weighted by Crippen LogP contribution is -2.19. The van der Waals surface area contributed by atoms with Gasteiger partial charge < -0.3 is 10.1 Å². The number of sulfonamides is 2. The van der Waals surface area contributed by atoms with Crippen LogP contribution in [0, 0.1) is 0 Å². The third-order valence-electron chi connectivity index (χ3n) is 3.43. The van der Waals surface area contributed by atoms with E-state index in [0.29, 0.717) is 5.69 Å². The second kappa shape index (κ2) is 7.94. The van der Waals surface area contributed by atoms with Gasteiger partial charge in [-0.15, -0.1) is 0 Å². The van der Waals surface area contributed by atoms with Crippen molar-refractivity contribution in [3.05, 3.63) is 48.0 Å². The molecule has 0 fully saturated rings. The highest BCUT2D eigenvalue weighted by Gasteiger charge is 2.15. The van der Waals surface area contributed by atoms with Crippen molar-refractivity contribution in [3.63, 3.8) is 0 Å². The van der Waals surface area contributed by atoms with E-state index in [1.165, 1.54) is 56.6 Å². The lowest BCUT2D eigenvalue weighted by molar-refractivity contribution is 0.102. The fraction of sp³-hybridized carbons (Fsp3) is 0.188. The van der Waals surface area contributed by atoms with Crippen molar-refractivity contribution < 1.29 is 26.4 Å². The van der Waals surface area contributed by atoms with Crippen molar-refractivity contribution in [2.75, 3.05) is 30.5 Å². The normalized spacial score (nSPS) is 11.7. The standard InChI is InChI=1S/C16H19N3O6S2/c1-17-27(23,24)13-6-4-5-11(9-13)16(20)18-12-7-8-15(25-2)14(10-12)19-26(3,21)22/h4-10,17,19H,1-3H3,(H,18,20). The largest absolute Gasteiger partial charge is 0.495 e. The van der Waals surface area contributed by atoms with Gasteiger partial charge in [-0.1, -0.05) is 6.07 Å². The summed E-state index contributed by atoms with van der Waals surface area (Å²) < 4.78 is 56.2. The molecule has 0 saturated heterocycles. The average molecular weight is 413 g/mol. The highest BCUT2D eigenvalue weighted by atomic mass is 32.2. The van der Waals surface area contributed by atoms with E-state index in [1.807, 2.05) is 0 Å². The highest BCUT2D eigenvalue weighted by molar-refractivity contribution is 7.92. The van der Waals surface area contributed by atoms with Crippen LogP contribution in [0.4, 0.5) is 11.4 Å². The number of benzene rings is 2. The summed E-state index contributed by atoms with van der Waals surface area (Å²) >= 11 is 0. The molecule has 146 valence electrons. The number of nitrogens with one attached hydrogen (secondary N) is 3. The third kappa shape index (κ3) is 5.42. The number of carbonyl (C=O) groups excluding carboxylic acids is 1. The smallest absolute Gasteiger partial charge is 0.255 e. The van der Waals surface area contributed by atoms with Gasteiger partial charge >= 0.3 is 0 Å². The minimum absolute atomic E-state index is 0.0492. The van der Waals surface area contributed by atoms with Crippen molar-refractivity contribution in [2.24, 2.45) is 0 Å². The first-order valence-electron chi connectivity index (χ1n) is 7.56. The van der Waals surface area contributed by atoms with Crippen molar-refractivity contribution >= 4 is 37.3 Å². The van der Waals surface area contributed by atoms with Crippen molar-refractivity contribution in [1.82, 2.24) is 4.72 Å². The van der Waals surface area contributed by atoms with E-state index < -0.39 is 26.0 Å². The van der Waals surface area contributed by atoms with Crippen molar-refractivity contribution in [2.45, 2.75) is 4.90 Å². The maximum absolute atomic E-state index is 12.4. The predicted octanol–water partition coefficient (Wildman–Crippen LogP) is 1.23. The molecule has 0 aromatic heterocycles. The first-order chi connectivity index (χ1) is 12.6. The number of hydrogen-bond acceptors (Lipinski definition) is 6. The van der Waals surface area contributed by atoms with Crippen LogP contribution in [-0.4, -0.2) is 43.2 Å². The number of hydrogen-bond donors (Lipinski definition) is 3. The molecule has 0 spiro atoms. The first-order valence-corrected chi connectivity index (χ1v) is 10.9. The second-order valence-corrected chi connectivity index (χ2v) is 9.11. The summed E-state index contributed by atoms with van der Waals surface area (Å²) in [5, 5.41) is 2.59. The van der Waals surface area contributed by atoms with Crippen LogP contribution in [0.25, 0.3) is 0 Å². The number of carbonyl (C=O) groups is 1. The molecule has 0 aliphatic rings. The van der Waals surface area contributed by atoms with E-state index in [2.05, 4.69) is 14.8 Å². The van der Waals surface area contributed by atoms with Crippen LogP contribution in [0.5, 0.6) is 5.75 Å². The third-order valence-corrected chi connectivity index (χ3v) is 5.43. The van der Waals surface area contributed by atoms with Gasteiger partial charge in [0.25, 0.3) is 5.91 Å². The lowest BCUT2D eigenvalue weighted by Gasteiger charge is -2.13. The maximum atomic E-state index is 12.4. The Hall–Kier alpha value is -2.63. The Labute approximate surface area is 157 Å². The Kier molecular flexibility index (Phi) is 6.08. The van der Waals surface area contributed by atoms with E-state index in [-0.39, 0.29) is 21.9 Å². The predicted molar refractivity (Wildman–Crippen MR) is 102 cm³/mol. The summed E-state index contributed by atoms with van der Waals surface area (Å²) in [6.45, 7) is 0. The van der Waals surface area contributed by atoms with E-state index in [9.17, 15) is 21.6 Å². The highest BCUT2D eigenvalue weighted by Crippen LogP contribution is 2.28. The van der Waals surface area contributed by atoms with Crippen LogP contribution >= 0.6 is 0 Å². The van der Waals surface area contributed by atoms with Gasteiger partial charge in [0.15, 0.2) is 0 Å². The molecule has 27 heavy (non-hydrogen) atoms. The maximum Gasteiger partial charge on any atom is 0.255 e. The summed E-state index contributed by atoms with van der Waals surface area (Å²) in [5.41, 5.74) is 0.581. The number of amides is 1. The van der Waals surface area contributed by atoms with Gasteiger partial charge in [0.2, 0.25) is 20.0 Å². The first kappa shape index (κ1) is 20.7. The van der Waals surface area contributed by atoms with Crippen LogP contribution in [0.1, 0.15) is 10.4 Å². The van der Waals surface area contributed by atoms with E-state index in [4.69, 9.17) is 4.74 Å². The summed E-state index contributed by atoms with van der Waals surface area (Å²) in [6, 6.07) is 9.92. The number of methoxy groups -OCH3 is 1. The molecule has 0 aliphatic carbocycles. The number of rotatable bonds is 7. The van der Waals surface area contributed by atoms with Crippen LogP contribution in [0.15, 0.2) is 47.4 Å². The molecule has 0 atom stereocenters. The van der Waals surface area contributed by atoms with Gasteiger partial charge in [-0.3, -0.25) is 9.52 Å². The summed E-state index contributed by atoms with van der Waals surface area (Å²) in [7, 11) is -4.58. The Morgan fingerprint density at radius 1 is 1.04 bits per heavy atom. The number of ether oxygens (including phenoxy) is 1. The zero-order chi connectivity index (χ0) is 20.2.